The molecule has 0 saturated heterocycles. The summed E-state index contributed by atoms with van der Waals surface area (Å²) in [7, 11) is 0. The smallest absolute Gasteiger partial charge is 0.263 e. The Balaban J connectivity index is 1.88. The van der Waals surface area contributed by atoms with E-state index in [1.807, 2.05) is 28.8 Å². The van der Waals surface area contributed by atoms with Gasteiger partial charge in [-0.1, -0.05) is 55.1 Å². The lowest BCUT2D eigenvalue weighted by molar-refractivity contribution is 0.509. The number of rotatable bonds is 5. The quantitative estimate of drug-likeness (QED) is 0.357. The first kappa shape index (κ1) is 17.6. The minimum absolute atomic E-state index is 0.109. The Morgan fingerprint density at radius 3 is 2.96 bits per heavy atom. The molecule has 26 heavy (non-hydrogen) atoms. The summed E-state index contributed by atoms with van der Waals surface area (Å²) in [5, 5.41) is 1.65. The molecule has 2 aromatic heterocycles. The highest BCUT2D eigenvalue weighted by Gasteiger charge is 2.24. The second kappa shape index (κ2) is 7.41. The SMILES string of the molecule is C=CCSc1nc2sc3c(c2c(=O)n1Cc1ccccc1)CC[C@@H](C)C3. The largest absolute Gasteiger partial charge is 0.283 e. The minimum Gasteiger partial charge on any atom is -0.283 e. The Bertz CT molecular complexity index is 1000. The molecule has 0 radical (unpaired) electrons. The number of hydrogen-bond acceptors (Lipinski definition) is 4. The van der Waals surface area contributed by atoms with Gasteiger partial charge in [0.25, 0.3) is 5.56 Å². The average molecular weight is 383 g/mol. The molecule has 0 saturated carbocycles. The van der Waals surface area contributed by atoms with Crippen molar-refractivity contribution in [3.63, 3.8) is 0 Å². The first-order valence-electron chi connectivity index (χ1n) is 9.00. The summed E-state index contributed by atoms with van der Waals surface area (Å²) < 4.78 is 1.84. The molecular formula is C21H22N2OS2. The molecule has 0 bridgehead atoms. The van der Waals surface area contributed by atoms with Crippen LogP contribution in [0.15, 0.2) is 52.9 Å². The van der Waals surface area contributed by atoms with E-state index in [0.29, 0.717) is 12.5 Å². The summed E-state index contributed by atoms with van der Waals surface area (Å²) in [6.07, 6.45) is 5.08. The van der Waals surface area contributed by atoms with Crippen LogP contribution in [0.5, 0.6) is 0 Å². The van der Waals surface area contributed by atoms with Crippen molar-refractivity contribution in [1.82, 2.24) is 9.55 Å². The van der Waals surface area contributed by atoms with Crippen LogP contribution in [0.1, 0.15) is 29.3 Å². The Hall–Kier alpha value is -1.85. The molecule has 0 aliphatic heterocycles. The summed E-state index contributed by atoms with van der Waals surface area (Å²) in [6.45, 7) is 6.65. The third-order valence-corrected chi connectivity index (χ3v) is 7.01. The first-order valence-corrected chi connectivity index (χ1v) is 10.8. The van der Waals surface area contributed by atoms with E-state index >= 15 is 0 Å². The highest BCUT2D eigenvalue weighted by atomic mass is 32.2. The van der Waals surface area contributed by atoms with Gasteiger partial charge in [0.15, 0.2) is 5.16 Å². The third kappa shape index (κ3) is 3.26. The zero-order valence-electron chi connectivity index (χ0n) is 14.9. The summed E-state index contributed by atoms with van der Waals surface area (Å²) >= 11 is 3.30. The normalized spacial score (nSPS) is 16.6. The predicted molar refractivity (Wildman–Crippen MR) is 112 cm³/mol. The number of hydrogen-bond donors (Lipinski definition) is 0. The second-order valence-corrected chi connectivity index (χ2v) is 8.97. The molecule has 0 unspecified atom stereocenters. The second-order valence-electron chi connectivity index (χ2n) is 6.90. The number of thiophene rings is 1. The Morgan fingerprint density at radius 1 is 1.38 bits per heavy atom. The molecule has 1 aliphatic rings. The van der Waals surface area contributed by atoms with Gasteiger partial charge in [0.2, 0.25) is 0 Å². The molecule has 4 rings (SSSR count). The molecular weight excluding hydrogens is 360 g/mol. The van der Waals surface area contributed by atoms with Crippen molar-refractivity contribution in [2.24, 2.45) is 5.92 Å². The zero-order valence-corrected chi connectivity index (χ0v) is 16.5. The first-order chi connectivity index (χ1) is 12.7. The van der Waals surface area contributed by atoms with Gasteiger partial charge in [0.05, 0.1) is 11.9 Å². The summed E-state index contributed by atoms with van der Waals surface area (Å²) in [6, 6.07) is 10.1. The van der Waals surface area contributed by atoms with E-state index in [-0.39, 0.29) is 5.56 Å². The van der Waals surface area contributed by atoms with Crippen LogP contribution in [0.25, 0.3) is 10.2 Å². The van der Waals surface area contributed by atoms with Crippen molar-refractivity contribution in [2.75, 3.05) is 5.75 Å². The van der Waals surface area contributed by atoms with E-state index in [4.69, 9.17) is 4.98 Å². The van der Waals surface area contributed by atoms with Crippen LogP contribution < -0.4 is 5.56 Å². The van der Waals surface area contributed by atoms with Gasteiger partial charge in [-0.05, 0) is 36.3 Å². The van der Waals surface area contributed by atoms with Gasteiger partial charge < -0.3 is 0 Å². The lowest BCUT2D eigenvalue weighted by Crippen LogP contribution is -2.24. The zero-order chi connectivity index (χ0) is 18.1. The third-order valence-electron chi connectivity index (χ3n) is 4.89. The molecule has 1 atom stereocenters. The van der Waals surface area contributed by atoms with Crippen molar-refractivity contribution in [3.05, 3.63) is 69.3 Å². The van der Waals surface area contributed by atoms with Gasteiger partial charge in [-0.25, -0.2) is 4.98 Å². The van der Waals surface area contributed by atoms with E-state index in [1.165, 1.54) is 10.4 Å². The maximum Gasteiger partial charge on any atom is 0.263 e. The molecule has 1 aliphatic carbocycles. The number of nitrogens with zero attached hydrogens (tertiary/aromatic N) is 2. The molecule has 0 amide bonds. The summed E-state index contributed by atoms with van der Waals surface area (Å²) in [5.74, 6) is 1.44. The molecule has 1 aromatic carbocycles. The summed E-state index contributed by atoms with van der Waals surface area (Å²) in [4.78, 5) is 20.6. The highest BCUT2D eigenvalue weighted by Crippen LogP contribution is 2.36. The van der Waals surface area contributed by atoms with Crippen molar-refractivity contribution in [3.8, 4) is 0 Å². The van der Waals surface area contributed by atoms with Gasteiger partial charge >= 0.3 is 0 Å². The fraction of sp³-hybridized carbons (Fsp3) is 0.333. The molecule has 3 aromatic rings. The number of aryl methyl sites for hydroxylation is 1. The van der Waals surface area contributed by atoms with Crippen molar-refractivity contribution in [1.29, 1.82) is 0 Å². The predicted octanol–water partition coefficient (Wildman–Crippen LogP) is 4.91. The van der Waals surface area contributed by atoms with Gasteiger partial charge in [-0.15, -0.1) is 17.9 Å². The highest BCUT2D eigenvalue weighted by molar-refractivity contribution is 7.99. The van der Waals surface area contributed by atoms with E-state index < -0.39 is 0 Å². The van der Waals surface area contributed by atoms with Crippen LogP contribution in [0.4, 0.5) is 0 Å². The lowest BCUT2D eigenvalue weighted by atomic mass is 9.89. The molecule has 134 valence electrons. The van der Waals surface area contributed by atoms with E-state index in [0.717, 1.165) is 46.0 Å². The van der Waals surface area contributed by atoms with E-state index in [9.17, 15) is 4.79 Å². The van der Waals surface area contributed by atoms with Crippen molar-refractivity contribution >= 4 is 33.3 Å². The van der Waals surface area contributed by atoms with Crippen LogP contribution in [0.3, 0.4) is 0 Å². The number of thioether (sulfide) groups is 1. The van der Waals surface area contributed by atoms with Crippen LogP contribution >= 0.6 is 23.1 Å². The van der Waals surface area contributed by atoms with Crippen LogP contribution in [-0.2, 0) is 19.4 Å². The molecule has 3 nitrogen and oxygen atoms in total. The number of fused-ring (bicyclic) bond motifs is 3. The van der Waals surface area contributed by atoms with E-state index in [1.54, 1.807) is 23.1 Å². The van der Waals surface area contributed by atoms with Crippen molar-refractivity contribution < 1.29 is 0 Å². The van der Waals surface area contributed by atoms with Gasteiger partial charge in [0.1, 0.15) is 4.83 Å². The fourth-order valence-corrected chi connectivity index (χ4v) is 5.71. The Labute approximate surface area is 161 Å². The number of benzene rings is 1. The minimum atomic E-state index is 0.109. The summed E-state index contributed by atoms with van der Waals surface area (Å²) in [5.41, 5.74) is 2.48. The standard InChI is InChI=1S/C21H22N2OS2/c1-3-11-25-21-22-19-18(16-10-9-14(2)12-17(16)26-19)20(24)23(21)13-15-7-5-4-6-8-15/h3-8,14H,1,9-13H2,2H3/t14-/m1/s1. The molecule has 0 fully saturated rings. The topological polar surface area (TPSA) is 34.9 Å². The number of aromatic nitrogens is 2. The van der Waals surface area contributed by atoms with Gasteiger partial charge in [0, 0.05) is 10.6 Å². The van der Waals surface area contributed by atoms with Crippen LogP contribution in [-0.4, -0.2) is 15.3 Å². The molecule has 2 heterocycles. The maximum atomic E-state index is 13.4. The van der Waals surface area contributed by atoms with Gasteiger partial charge in [-0.3, -0.25) is 9.36 Å². The average Bonchev–Trinajstić information content (AvgIpc) is 3.00. The monoisotopic (exact) mass is 382 g/mol. The molecule has 5 heteroatoms. The lowest BCUT2D eigenvalue weighted by Gasteiger charge is -2.17. The Kier molecular flexibility index (Phi) is 5.00. The van der Waals surface area contributed by atoms with E-state index in [2.05, 4.69) is 25.6 Å². The van der Waals surface area contributed by atoms with Crippen LogP contribution in [0, 0.1) is 5.92 Å². The Morgan fingerprint density at radius 2 is 2.19 bits per heavy atom. The molecule has 0 N–H and O–H groups in total. The van der Waals surface area contributed by atoms with Gasteiger partial charge in [-0.2, -0.15) is 0 Å². The fourth-order valence-electron chi connectivity index (χ4n) is 3.55. The molecule has 0 spiro atoms. The maximum absolute atomic E-state index is 13.4. The van der Waals surface area contributed by atoms with Crippen LogP contribution in [0.2, 0.25) is 0 Å². The van der Waals surface area contributed by atoms with Crippen molar-refractivity contribution in [2.45, 2.75) is 37.9 Å².